The smallest absolute Gasteiger partial charge is 0.125 e. The van der Waals surface area contributed by atoms with Crippen LogP contribution >= 0.6 is 0 Å². The molecule has 0 saturated heterocycles. The van der Waals surface area contributed by atoms with E-state index in [9.17, 15) is 10.2 Å². The maximum Gasteiger partial charge on any atom is 0.125 e. The van der Waals surface area contributed by atoms with E-state index in [1.54, 1.807) is 0 Å². The molecule has 1 aromatic rings. The first-order chi connectivity index (χ1) is 9.85. The largest absolute Gasteiger partial charge is 0.490 e. The number of aliphatic hydroxyl groups is 2. The Balaban J connectivity index is 2.33. The van der Waals surface area contributed by atoms with Gasteiger partial charge in [0, 0.05) is 13.1 Å². The molecule has 0 amide bonds. The van der Waals surface area contributed by atoms with Gasteiger partial charge in [0.1, 0.15) is 18.5 Å². The van der Waals surface area contributed by atoms with E-state index in [0.29, 0.717) is 13.1 Å². The van der Waals surface area contributed by atoms with Gasteiger partial charge in [0.15, 0.2) is 0 Å². The zero-order valence-corrected chi connectivity index (χ0v) is 13.6. The Morgan fingerprint density at radius 3 is 2.48 bits per heavy atom. The third kappa shape index (κ3) is 6.46. The minimum Gasteiger partial charge on any atom is -0.490 e. The summed E-state index contributed by atoms with van der Waals surface area (Å²) in [5.41, 5.74) is 1.42. The van der Waals surface area contributed by atoms with Gasteiger partial charge in [0.05, 0.1) is 5.60 Å². The van der Waals surface area contributed by atoms with E-state index in [2.05, 4.69) is 5.32 Å². The zero-order valence-electron chi connectivity index (χ0n) is 13.6. The molecule has 2 unspecified atom stereocenters. The maximum atomic E-state index is 10.0. The van der Waals surface area contributed by atoms with Crippen LogP contribution in [0.2, 0.25) is 0 Å². The van der Waals surface area contributed by atoms with Gasteiger partial charge < -0.3 is 20.3 Å². The third-order valence-electron chi connectivity index (χ3n) is 3.50. The molecule has 0 radical (unpaired) electrons. The number of ether oxygens (including phenoxy) is 1. The number of hydrogen-bond donors (Lipinski definition) is 3. The summed E-state index contributed by atoms with van der Waals surface area (Å²) in [6.45, 7) is 8.97. The average Bonchev–Trinajstić information content (AvgIpc) is 2.37. The highest BCUT2D eigenvalue weighted by atomic mass is 16.5. The number of rotatable bonds is 9. The SMILES string of the molecule is CCCC(C)(O)CNCC(O)COc1c(C)cccc1C. The first-order valence-electron chi connectivity index (χ1n) is 7.66. The Labute approximate surface area is 128 Å². The molecule has 0 heterocycles. The summed E-state index contributed by atoms with van der Waals surface area (Å²) in [4.78, 5) is 0. The predicted octanol–water partition coefficient (Wildman–Crippen LogP) is 2.18. The lowest BCUT2D eigenvalue weighted by atomic mass is 10.0. The molecule has 21 heavy (non-hydrogen) atoms. The van der Waals surface area contributed by atoms with Gasteiger partial charge in [-0.15, -0.1) is 0 Å². The molecule has 120 valence electrons. The van der Waals surface area contributed by atoms with Crippen LogP contribution in [0, 0.1) is 13.8 Å². The van der Waals surface area contributed by atoms with Crippen molar-refractivity contribution in [3.8, 4) is 5.75 Å². The fourth-order valence-electron chi connectivity index (χ4n) is 2.40. The van der Waals surface area contributed by atoms with Crippen LogP contribution in [0.3, 0.4) is 0 Å². The highest BCUT2D eigenvalue weighted by molar-refractivity contribution is 5.39. The summed E-state index contributed by atoms with van der Waals surface area (Å²) < 4.78 is 5.71. The molecule has 0 aliphatic heterocycles. The zero-order chi connectivity index (χ0) is 15.9. The van der Waals surface area contributed by atoms with E-state index < -0.39 is 11.7 Å². The Hall–Kier alpha value is -1.10. The second-order valence-electron chi connectivity index (χ2n) is 6.06. The molecule has 4 nitrogen and oxygen atoms in total. The topological polar surface area (TPSA) is 61.7 Å². The number of aryl methyl sites for hydroxylation is 2. The van der Waals surface area contributed by atoms with E-state index in [1.807, 2.05) is 45.9 Å². The molecule has 0 aliphatic rings. The average molecular weight is 295 g/mol. The van der Waals surface area contributed by atoms with Crippen molar-refractivity contribution in [3.63, 3.8) is 0 Å². The molecule has 4 heteroatoms. The highest BCUT2D eigenvalue weighted by Crippen LogP contribution is 2.22. The van der Waals surface area contributed by atoms with Crippen LogP contribution in [0.5, 0.6) is 5.75 Å². The molecule has 0 saturated carbocycles. The van der Waals surface area contributed by atoms with Gasteiger partial charge in [-0.05, 0) is 38.3 Å². The summed E-state index contributed by atoms with van der Waals surface area (Å²) in [7, 11) is 0. The Bertz CT molecular complexity index is 412. The summed E-state index contributed by atoms with van der Waals surface area (Å²) in [5, 5.41) is 23.1. The van der Waals surface area contributed by atoms with Gasteiger partial charge in [-0.1, -0.05) is 31.5 Å². The second-order valence-corrected chi connectivity index (χ2v) is 6.06. The van der Waals surface area contributed by atoms with Gasteiger partial charge in [-0.3, -0.25) is 0 Å². The minimum absolute atomic E-state index is 0.245. The van der Waals surface area contributed by atoms with Gasteiger partial charge in [-0.2, -0.15) is 0 Å². The highest BCUT2D eigenvalue weighted by Gasteiger charge is 2.19. The van der Waals surface area contributed by atoms with E-state index in [-0.39, 0.29) is 6.61 Å². The molecule has 0 fully saturated rings. The van der Waals surface area contributed by atoms with E-state index >= 15 is 0 Å². The van der Waals surface area contributed by atoms with Crippen LogP contribution in [0.1, 0.15) is 37.8 Å². The number of hydrogen-bond acceptors (Lipinski definition) is 4. The Morgan fingerprint density at radius 1 is 1.29 bits per heavy atom. The lowest BCUT2D eigenvalue weighted by Gasteiger charge is -2.24. The van der Waals surface area contributed by atoms with Gasteiger partial charge in [-0.25, -0.2) is 0 Å². The summed E-state index contributed by atoms with van der Waals surface area (Å²) >= 11 is 0. The molecule has 1 rings (SSSR count). The quantitative estimate of drug-likeness (QED) is 0.653. The Kier molecular flexibility index (Phi) is 7.15. The van der Waals surface area contributed by atoms with Gasteiger partial charge in [0.2, 0.25) is 0 Å². The van der Waals surface area contributed by atoms with Crippen molar-refractivity contribution in [2.24, 2.45) is 0 Å². The first-order valence-corrected chi connectivity index (χ1v) is 7.66. The number of benzene rings is 1. The molecule has 1 aromatic carbocycles. The fraction of sp³-hybridized carbons (Fsp3) is 0.647. The summed E-state index contributed by atoms with van der Waals surface area (Å²) in [5.74, 6) is 0.842. The van der Waals surface area contributed by atoms with Crippen molar-refractivity contribution >= 4 is 0 Å². The molecular weight excluding hydrogens is 266 g/mol. The van der Waals surface area contributed by atoms with Crippen LogP contribution in [0.15, 0.2) is 18.2 Å². The van der Waals surface area contributed by atoms with Crippen molar-refractivity contribution in [2.45, 2.75) is 52.2 Å². The first kappa shape index (κ1) is 18.0. The van der Waals surface area contributed by atoms with Crippen LogP contribution in [0.25, 0.3) is 0 Å². The molecule has 3 N–H and O–H groups in total. The number of aliphatic hydroxyl groups excluding tert-OH is 1. The molecular formula is C17H29NO3. The lowest BCUT2D eigenvalue weighted by Crippen LogP contribution is -2.41. The van der Waals surface area contributed by atoms with Crippen molar-refractivity contribution in [1.82, 2.24) is 5.32 Å². The van der Waals surface area contributed by atoms with Crippen molar-refractivity contribution in [3.05, 3.63) is 29.3 Å². The van der Waals surface area contributed by atoms with E-state index in [4.69, 9.17) is 4.74 Å². The van der Waals surface area contributed by atoms with Gasteiger partial charge >= 0.3 is 0 Å². The monoisotopic (exact) mass is 295 g/mol. The van der Waals surface area contributed by atoms with Crippen molar-refractivity contribution in [2.75, 3.05) is 19.7 Å². The number of nitrogens with one attached hydrogen (secondary N) is 1. The predicted molar refractivity (Wildman–Crippen MR) is 85.8 cm³/mol. The maximum absolute atomic E-state index is 10.0. The fourth-order valence-corrected chi connectivity index (χ4v) is 2.40. The van der Waals surface area contributed by atoms with Crippen molar-refractivity contribution in [1.29, 1.82) is 0 Å². The molecule has 0 bridgehead atoms. The molecule has 0 aliphatic carbocycles. The standard InChI is InChI=1S/C17H29NO3/c1-5-9-17(4,20)12-18-10-15(19)11-21-16-13(2)7-6-8-14(16)3/h6-8,15,18-20H,5,9-12H2,1-4H3. The number of para-hydroxylation sites is 1. The summed E-state index contributed by atoms with van der Waals surface area (Å²) in [6.07, 6.45) is 1.09. The van der Waals surface area contributed by atoms with Crippen LogP contribution in [-0.2, 0) is 0 Å². The van der Waals surface area contributed by atoms with Crippen LogP contribution < -0.4 is 10.1 Å². The van der Waals surface area contributed by atoms with E-state index in [0.717, 1.165) is 29.7 Å². The van der Waals surface area contributed by atoms with Crippen molar-refractivity contribution < 1.29 is 14.9 Å². The van der Waals surface area contributed by atoms with Crippen LogP contribution in [0.4, 0.5) is 0 Å². The normalized spacial score (nSPS) is 15.5. The molecule has 2 atom stereocenters. The van der Waals surface area contributed by atoms with Crippen LogP contribution in [-0.4, -0.2) is 41.6 Å². The summed E-state index contributed by atoms with van der Waals surface area (Å²) in [6, 6.07) is 5.98. The second kappa shape index (κ2) is 8.37. The molecule has 0 aromatic heterocycles. The Morgan fingerprint density at radius 2 is 1.90 bits per heavy atom. The van der Waals surface area contributed by atoms with Gasteiger partial charge in [0.25, 0.3) is 0 Å². The minimum atomic E-state index is -0.720. The lowest BCUT2D eigenvalue weighted by molar-refractivity contribution is 0.0427. The van der Waals surface area contributed by atoms with E-state index in [1.165, 1.54) is 0 Å². The molecule has 0 spiro atoms. The third-order valence-corrected chi connectivity index (χ3v) is 3.50.